The van der Waals surface area contributed by atoms with Crippen LogP contribution in [0.2, 0.25) is 0 Å². The van der Waals surface area contributed by atoms with Gasteiger partial charge >= 0.3 is 0 Å². The quantitative estimate of drug-likeness (QED) is 0.433. The van der Waals surface area contributed by atoms with Crippen molar-refractivity contribution in [3.05, 3.63) is 57.2 Å². The van der Waals surface area contributed by atoms with Crippen LogP contribution in [-0.2, 0) is 6.42 Å². The smallest absolute Gasteiger partial charge is 0.199 e. The van der Waals surface area contributed by atoms with E-state index in [1.807, 2.05) is 12.1 Å². The number of hydrogen-bond donors (Lipinski definition) is 1. The second kappa shape index (κ2) is 8.35. The molecule has 0 aliphatic carbocycles. The van der Waals surface area contributed by atoms with Gasteiger partial charge in [-0.3, -0.25) is 4.79 Å². The lowest BCUT2D eigenvalue weighted by Gasteiger charge is -2.32. The summed E-state index contributed by atoms with van der Waals surface area (Å²) in [7, 11) is 0. The maximum absolute atomic E-state index is 13.8. The first kappa shape index (κ1) is 21.7. The minimum atomic E-state index is 0.0786. The zero-order valence-corrected chi connectivity index (χ0v) is 20.0. The SMILES string of the molecule is CCc1cc2c(=O)c3c4ccc(C#N)cc4[nH]c3n(C(C)C)c2cc1C1CCN(CC)CC1. The number of hydrogen-bond acceptors (Lipinski definition) is 3. The van der Waals surface area contributed by atoms with Crippen LogP contribution in [0.5, 0.6) is 0 Å². The third kappa shape index (κ3) is 3.45. The van der Waals surface area contributed by atoms with Crippen LogP contribution in [0.3, 0.4) is 0 Å². The number of benzene rings is 2. The number of aromatic nitrogens is 2. The molecule has 0 amide bonds. The molecule has 1 N–H and O–H groups in total. The minimum absolute atomic E-state index is 0.0786. The maximum atomic E-state index is 13.8. The Hall–Kier alpha value is -3.10. The number of nitrogens with one attached hydrogen (secondary N) is 1. The Morgan fingerprint density at radius 1 is 1.12 bits per heavy atom. The standard InChI is InChI=1S/C28H32N4O/c1-5-19-14-23-25(15-22(19)20-9-11-31(6-2)12-10-20)32(17(3)4)28-26(27(23)33)21-8-7-18(16-29)13-24(21)30-28/h7-8,13-15,17,20,30H,5-6,9-12H2,1-4H3. The van der Waals surface area contributed by atoms with Crippen LogP contribution in [0.1, 0.15) is 69.2 Å². The van der Waals surface area contributed by atoms with Crippen molar-refractivity contribution in [2.24, 2.45) is 0 Å². The van der Waals surface area contributed by atoms with Crippen LogP contribution < -0.4 is 5.43 Å². The molecule has 0 spiro atoms. The summed E-state index contributed by atoms with van der Waals surface area (Å²) in [5.74, 6) is 0.541. The largest absolute Gasteiger partial charge is 0.340 e. The fourth-order valence-corrected chi connectivity index (χ4v) is 5.73. The van der Waals surface area contributed by atoms with Gasteiger partial charge in [-0.2, -0.15) is 5.26 Å². The average molecular weight is 441 g/mol. The summed E-state index contributed by atoms with van der Waals surface area (Å²) in [6, 6.07) is 12.4. The summed E-state index contributed by atoms with van der Waals surface area (Å²) in [4.78, 5) is 19.8. The predicted octanol–water partition coefficient (Wildman–Crippen LogP) is 5.85. The molecule has 5 heteroatoms. The van der Waals surface area contributed by atoms with Crippen LogP contribution in [0, 0.1) is 11.3 Å². The van der Waals surface area contributed by atoms with Crippen molar-refractivity contribution in [1.29, 1.82) is 5.26 Å². The molecule has 1 aliphatic rings. The maximum Gasteiger partial charge on any atom is 0.199 e. The Labute approximate surface area is 194 Å². The molecule has 2 aromatic carbocycles. The molecule has 1 saturated heterocycles. The third-order valence-corrected chi connectivity index (χ3v) is 7.51. The van der Waals surface area contributed by atoms with Crippen molar-refractivity contribution >= 4 is 32.8 Å². The molecule has 2 aromatic heterocycles. The zero-order valence-electron chi connectivity index (χ0n) is 20.0. The molecule has 3 heterocycles. The molecule has 1 fully saturated rings. The molecule has 1 aliphatic heterocycles. The van der Waals surface area contributed by atoms with Crippen LogP contribution in [0.25, 0.3) is 32.8 Å². The normalized spacial score (nSPS) is 15.8. The fraction of sp³-hybridized carbons (Fsp3) is 0.429. The number of H-pyrrole nitrogens is 1. The van der Waals surface area contributed by atoms with Gasteiger partial charge < -0.3 is 14.5 Å². The van der Waals surface area contributed by atoms with E-state index < -0.39 is 0 Å². The number of nitriles is 1. The second-order valence-electron chi connectivity index (χ2n) is 9.64. The number of aromatic amines is 1. The van der Waals surface area contributed by atoms with Crippen molar-refractivity contribution < 1.29 is 0 Å². The van der Waals surface area contributed by atoms with Gasteiger partial charge in [-0.15, -0.1) is 0 Å². The van der Waals surface area contributed by atoms with Crippen LogP contribution >= 0.6 is 0 Å². The highest BCUT2D eigenvalue weighted by atomic mass is 16.1. The van der Waals surface area contributed by atoms with Gasteiger partial charge in [0.15, 0.2) is 5.43 Å². The van der Waals surface area contributed by atoms with E-state index in [-0.39, 0.29) is 11.5 Å². The first-order chi connectivity index (χ1) is 16.0. The highest BCUT2D eigenvalue weighted by molar-refractivity contribution is 6.10. The fourth-order valence-electron chi connectivity index (χ4n) is 5.73. The van der Waals surface area contributed by atoms with Gasteiger partial charge in [0.05, 0.1) is 22.5 Å². The molecular weight excluding hydrogens is 408 g/mol. The molecular formula is C28H32N4O. The number of piperidine rings is 1. The number of nitrogens with zero attached hydrogens (tertiary/aromatic N) is 3. The van der Waals surface area contributed by atoms with Crippen molar-refractivity contribution in [2.45, 2.75) is 58.9 Å². The van der Waals surface area contributed by atoms with Crippen LogP contribution in [-0.4, -0.2) is 34.1 Å². The molecule has 0 atom stereocenters. The summed E-state index contributed by atoms with van der Waals surface area (Å²) in [6.07, 6.45) is 3.27. The highest BCUT2D eigenvalue weighted by Gasteiger charge is 2.24. The van der Waals surface area contributed by atoms with E-state index in [0.717, 1.165) is 58.9 Å². The van der Waals surface area contributed by atoms with Gasteiger partial charge in [0, 0.05) is 22.3 Å². The Bertz CT molecular complexity index is 1460. The number of fused-ring (bicyclic) bond motifs is 4. The first-order valence-electron chi connectivity index (χ1n) is 12.3. The average Bonchev–Trinajstić information content (AvgIpc) is 3.21. The van der Waals surface area contributed by atoms with Crippen molar-refractivity contribution in [3.8, 4) is 6.07 Å². The van der Waals surface area contributed by atoms with Gasteiger partial charge in [0.1, 0.15) is 5.65 Å². The van der Waals surface area contributed by atoms with Crippen molar-refractivity contribution in [1.82, 2.24) is 14.5 Å². The Balaban J connectivity index is 1.81. The molecule has 4 aromatic rings. The van der Waals surface area contributed by atoms with Gasteiger partial charge in [-0.25, -0.2) is 0 Å². The number of likely N-dealkylation sites (tertiary alicyclic amines) is 1. The summed E-state index contributed by atoms with van der Waals surface area (Å²) in [5.41, 5.74) is 6.09. The minimum Gasteiger partial charge on any atom is -0.340 e. The summed E-state index contributed by atoms with van der Waals surface area (Å²) in [5, 5.41) is 11.7. The van der Waals surface area contributed by atoms with E-state index in [0.29, 0.717) is 11.5 Å². The zero-order chi connectivity index (χ0) is 23.3. The lowest BCUT2D eigenvalue weighted by Crippen LogP contribution is -2.32. The van der Waals surface area contributed by atoms with E-state index in [1.54, 1.807) is 6.07 Å². The van der Waals surface area contributed by atoms with E-state index >= 15 is 0 Å². The first-order valence-corrected chi connectivity index (χ1v) is 12.3. The number of rotatable bonds is 4. The summed E-state index contributed by atoms with van der Waals surface area (Å²) < 4.78 is 2.28. The van der Waals surface area contributed by atoms with E-state index in [9.17, 15) is 10.1 Å². The lowest BCUT2D eigenvalue weighted by molar-refractivity contribution is 0.222. The monoisotopic (exact) mass is 440 g/mol. The number of pyridine rings is 1. The lowest BCUT2D eigenvalue weighted by atomic mass is 9.84. The van der Waals surface area contributed by atoms with Crippen molar-refractivity contribution in [3.63, 3.8) is 0 Å². The predicted molar refractivity (Wildman–Crippen MR) is 136 cm³/mol. The van der Waals surface area contributed by atoms with Crippen LogP contribution in [0.15, 0.2) is 35.1 Å². The Kier molecular flexibility index (Phi) is 5.50. The third-order valence-electron chi connectivity index (χ3n) is 7.51. The Morgan fingerprint density at radius 2 is 1.88 bits per heavy atom. The van der Waals surface area contributed by atoms with E-state index in [2.05, 4.69) is 60.3 Å². The molecule has 5 rings (SSSR count). The summed E-state index contributed by atoms with van der Waals surface area (Å²) >= 11 is 0. The molecule has 0 radical (unpaired) electrons. The molecule has 0 bridgehead atoms. The van der Waals surface area contributed by atoms with Gasteiger partial charge in [0.2, 0.25) is 0 Å². The molecule has 5 nitrogen and oxygen atoms in total. The van der Waals surface area contributed by atoms with Gasteiger partial charge in [-0.1, -0.05) is 19.9 Å². The second-order valence-corrected chi connectivity index (χ2v) is 9.64. The molecule has 0 saturated carbocycles. The van der Waals surface area contributed by atoms with E-state index in [4.69, 9.17) is 0 Å². The van der Waals surface area contributed by atoms with Gasteiger partial charge in [-0.05, 0) is 94.1 Å². The van der Waals surface area contributed by atoms with Crippen molar-refractivity contribution in [2.75, 3.05) is 19.6 Å². The van der Waals surface area contributed by atoms with Crippen LogP contribution in [0.4, 0.5) is 0 Å². The van der Waals surface area contributed by atoms with Gasteiger partial charge in [0.25, 0.3) is 0 Å². The van der Waals surface area contributed by atoms with E-state index in [1.165, 1.54) is 24.0 Å². The molecule has 170 valence electrons. The topological polar surface area (TPSA) is 64.8 Å². The molecule has 0 unspecified atom stereocenters. The molecule has 33 heavy (non-hydrogen) atoms. The summed E-state index contributed by atoms with van der Waals surface area (Å²) in [6.45, 7) is 12.2. The highest BCUT2D eigenvalue weighted by Crippen LogP contribution is 2.35. The number of aryl methyl sites for hydroxylation is 1. The Morgan fingerprint density at radius 3 is 2.52 bits per heavy atom.